The molecule has 1 aliphatic rings. The molecule has 0 N–H and O–H groups in total. The number of halogens is 1. The topological polar surface area (TPSA) is 68.3 Å². The maximum atomic E-state index is 10.9. The average Bonchev–Trinajstić information content (AvgIpc) is 3.09. The molecular formula is C16H35ClN2O5S2Si. The van der Waals surface area contributed by atoms with Gasteiger partial charge in [-0.25, -0.2) is 8.42 Å². The number of hydrogen-bond donors (Lipinski definition) is 0. The highest BCUT2D eigenvalue weighted by Crippen LogP contribution is 2.18. The highest BCUT2D eigenvalue weighted by Gasteiger charge is 2.36. The van der Waals surface area contributed by atoms with Gasteiger partial charge in [0.15, 0.2) is 0 Å². The smallest absolute Gasteiger partial charge is 0.377 e. The van der Waals surface area contributed by atoms with Crippen molar-refractivity contribution in [3.63, 3.8) is 0 Å². The second kappa shape index (κ2) is 13.8. The molecule has 0 unspecified atom stereocenters. The van der Waals surface area contributed by atoms with Crippen molar-refractivity contribution in [2.24, 2.45) is 0 Å². The second-order valence-corrected chi connectivity index (χ2v) is 13.9. The summed E-state index contributed by atoms with van der Waals surface area (Å²) in [7, 11) is 4.45. The van der Waals surface area contributed by atoms with Crippen LogP contribution in [-0.4, -0.2) is 98.5 Å². The molecule has 0 aliphatic carbocycles. The van der Waals surface area contributed by atoms with E-state index in [0.29, 0.717) is 6.42 Å². The quantitative estimate of drug-likeness (QED) is 0.196. The Morgan fingerprint density at radius 2 is 1.48 bits per heavy atom. The van der Waals surface area contributed by atoms with Crippen LogP contribution in [0.15, 0.2) is 0 Å². The summed E-state index contributed by atoms with van der Waals surface area (Å²) in [5.41, 5.74) is 0. The first-order chi connectivity index (χ1) is 12.8. The zero-order valence-electron chi connectivity index (χ0n) is 16.8. The fourth-order valence-electron chi connectivity index (χ4n) is 3.12. The van der Waals surface area contributed by atoms with Crippen LogP contribution >= 0.6 is 22.4 Å². The number of unbranched alkanes of at least 4 members (excludes halogenated alkanes) is 1. The fraction of sp³-hybridized carbons (Fsp3) is 1.00. The molecule has 27 heavy (non-hydrogen) atoms. The Kier molecular flexibility index (Phi) is 13.1. The van der Waals surface area contributed by atoms with Gasteiger partial charge in [0.05, 0.1) is 12.4 Å². The molecule has 1 saturated heterocycles. The highest BCUT2D eigenvalue weighted by molar-refractivity contribution is 8.13. The molecule has 11 heteroatoms. The lowest BCUT2D eigenvalue weighted by atomic mass is 10.3. The molecule has 0 spiro atoms. The Bertz CT molecular complexity index is 489. The molecule has 0 saturated carbocycles. The van der Waals surface area contributed by atoms with Crippen LogP contribution in [0.1, 0.15) is 25.7 Å². The monoisotopic (exact) mass is 462 g/mol. The first-order valence-electron chi connectivity index (χ1n) is 9.44. The lowest BCUT2D eigenvalue weighted by molar-refractivity contribution is 0.123. The highest BCUT2D eigenvalue weighted by atomic mass is 35.7. The Morgan fingerprint density at radius 3 is 2.04 bits per heavy atom. The van der Waals surface area contributed by atoms with Gasteiger partial charge in [0, 0.05) is 57.7 Å². The van der Waals surface area contributed by atoms with Crippen molar-refractivity contribution < 1.29 is 21.7 Å². The summed E-state index contributed by atoms with van der Waals surface area (Å²) in [4.78, 5) is 4.86. The zero-order chi connectivity index (χ0) is 20.2. The van der Waals surface area contributed by atoms with Crippen molar-refractivity contribution in [3.8, 4) is 0 Å². The van der Waals surface area contributed by atoms with Gasteiger partial charge < -0.3 is 13.3 Å². The van der Waals surface area contributed by atoms with Crippen molar-refractivity contribution in [2.75, 3.05) is 71.4 Å². The lowest BCUT2D eigenvalue weighted by Crippen LogP contribution is -2.42. The lowest BCUT2D eigenvalue weighted by Gasteiger charge is -2.24. The second-order valence-electron chi connectivity index (χ2n) is 6.69. The molecular weight excluding hydrogens is 428 g/mol. The molecule has 1 heterocycles. The van der Waals surface area contributed by atoms with E-state index in [4.69, 9.17) is 24.0 Å². The third-order valence-electron chi connectivity index (χ3n) is 4.71. The molecule has 162 valence electrons. The van der Waals surface area contributed by atoms with Crippen molar-refractivity contribution in [1.29, 1.82) is 0 Å². The largest absolute Gasteiger partial charge is 0.500 e. The Hall–Kier alpha value is 0.607. The summed E-state index contributed by atoms with van der Waals surface area (Å²) in [5.74, 6) is 2.33. The van der Waals surface area contributed by atoms with E-state index in [2.05, 4.69) is 9.80 Å². The van der Waals surface area contributed by atoms with E-state index >= 15 is 0 Å². The van der Waals surface area contributed by atoms with E-state index in [1.165, 1.54) is 6.42 Å². The number of hydrogen-bond acceptors (Lipinski definition) is 8. The summed E-state index contributed by atoms with van der Waals surface area (Å²) in [6.07, 6.45) is 3.75. The number of rotatable bonds is 16. The summed E-state index contributed by atoms with van der Waals surface area (Å²) in [6.45, 7) is 5.22. The van der Waals surface area contributed by atoms with Gasteiger partial charge in [-0.15, -0.1) is 0 Å². The molecule has 0 bridgehead atoms. The third-order valence-corrected chi connectivity index (χ3v) is 9.94. The average molecular weight is 463 g/mol. The minimum absolute atomic E-state index is 0.0755. The molecule has 1 fully saturated rings. The van der Waals surface area contributed by atoms with Crippen LogP contribution < -0.4 is 0 Å². The maximum Gasteiger partial charge on any atom is 0.500 e. The number of nitrogens with zero attached hydrogens (tertiary/aromatic N) is 2. The molecule has 0 aromatic carbocycles. The summed E-state index contributed by atoms with van der Waals surface area (Å²) >= 11 is 1.97. The van der Waals surface area contributed by atoms with Gasteiger partial charge in [-0.05, 0) is 43.7 Å². The SMILES string of the molecule is CO[Si](CCCSCCCN1CCN(CCCCS(=O)(=O)Cl)C1)(OC)OC. The van der Waals surface area contributed by atoms with Crippen LogP contribution in [-0.2, 0) is 22.3 Å². The van der Waals surface area contributed by atoms with E-state index in [-0.39, 0.29) is 5.75 Å². The van der Waals surface area contributed by atoms with Crippen LogP contribution in [0.2, 0.25) is 6.04 Å². The number of thioether (sulfide) groups is 1. The fourth-order valence-corrected chi connectivity index (χ4v) is 6.86. The Labute approximate surface area is 174 Å². The standard InChI is InChI=1S/C16H35ClN2O5S2Si/c1-22-27(23-2,24-3)15-7-13-25-12-6-9-19-11-10-18(16-19)8-4-5-14-26(17,20)21/h4-16H2,1-3H3. The van der Waals surface area contributed by atoms with Crippen LogP contribution in [0.3, 0.4) is 0 Å². The molecule has 1 rings (SSSR count). The van der Waals surface area contributed by atoms with Gasteiger partial charge in [-0.1, -0.05) is 0 Å². The summed E-state index contributed by atoms with van der Waals surface area (Å²) in [6, 6.07) is 0.857. The first-order valence-corrected chi connectivity index (χ1v) is 15.0. The third kappa shape index (κ3) is 11.4. The van der Waals surface area contributed by atoms with Gasteiger partial charge in [-0.2, -0.15) is 11.8 Å². The van der Waals surface area contributed by atoms with Crippen LogP contribution in [0.5, 0.6) is 0 Å². The minimum atomic E-state index is -3.34. The van der Waals surface area contributed by atoms with E-state index in [9.17, 15) is 8.42 Å². The molecule has 1 aliphatic heterocycles. The van der Waals surface area contributed by atoms with Gasteiger partial charge in [0.1, 0.15) is 0 Å². The van der Waals surface area contributed by atoms with E-state index < -0.39 is 17.9 Å². The van der Waals surface area contributed by atoms with E-state index in [0.717, 1.165) is 63.2 Å². The minimum Gasteiger partial charge on any atom is -0.377 e. The van der Waals surface area contributed by atoms with E-state index in [1.54, 1.807) is 21.3 Å². The zero-order valence-corrected chi connectivity index (χ0v) is 20.2. The predicted molar refractivity (Wildman–Crippen MR) is 115 cm³/mol. The van der Waals surface area contributed by atoms with Crippen molar-refractivity contribution in [1.82, 2.24) is 9.80 Å². The van der Waals surface area contributed by atoms with Crippen LogP contribution in [0.25, 0.3) is 0 Å². The molecule has 0 radical (unpaired) electrons. The van der Waals surface area contributed by atoms with E-state index in [1.807, 2.05) is 11.8 Å². The normalized spacial score (nSPS) is 17.0. The van der Waals surface area contributed by atoms with Gasteiger partial charge in [0.2, 0.25) is 9.05 Å². The molecule has 0 atom stereocenters. The molecule has 7 nitrogen and oxygen atoms in total. The Balaban J connectivity index is 2.00. The van der Waals surface area contributed by atoms with Crippen molar-refractivity contribution >= 4 is 40.3 Å². The molecule has 0 aromatic rings. The van der Waals surface area contributed by atoms with Gasteiger partial charge in [-0.3, -0.25) is 9.80 Å². The predicted octanol–water partition coefficient (Wildman–Crippen LogP) is 2.30. The van der Waals surface area contributed by atoms with Crippen molar-refractivity contribution in [3.05, 3.63) is 0 Å². The van der Waals surface area contributed by atoms with Crippen LogP contribution in [0, 0.1) is 0 Å². The Morgan fingerprint density at radius 1 is 0.926 bits per heavy atom. The summed E-state index contributed by atoms with van der Waals surface area (Å²) in [5, 5.41) is 0. The van der Waals surface area contributed by atoms with Gasteiger partial charge >= 0.3 is 8.80 Å². The maximum absolute atomic E-state index is 10.9. The first kappa shape index (κ1) is 25.6. The molecule has 0 aromatic heterocycles. The summed E-state index contributed by atoms with van der Waals surface area (Å²) < 4.78 is 38.1. The molecule has 0 amide bonds. The van der Waals surface area contributed by atoms with Crippen molar-refractivity contribution in [2.45, 2.75) is 31.7 Å². The van der Waals surface area contributed by atoms with Gasteiger partial charge in [0.25, 0.3) is 0 Å². The van der Waals surface area contributed by atoms with Crippen LogP contribution in [0.4, 0.5) is 0 Å².